The van der Waals surface area contributed by atoms with Crippen molar-refractivity contribution in [2.45, 2.75) is 233 Å². The first-order valence-electron chi connectivity index (χ1n) is 38.2. The molecule has 0 unspecified atom stereocenters. The number of halogens is 1. The van der Waals surface area contributed by atoms with Crippen molar-refractivity contribution in [2.24, 2.45) is 0 Å². The molecule has 10 aromatic rings. The monoisotopic (exact) mass is 1330 g/mol. The zero-order valence-corrected chi connectivity index (χ0v) is 61.7. The second-order valence-corrected chi connectivity index (χ2v) is 30.2. The Morgan fingerprint density at radius 2 is 0.646 bits per heavy atom. The fraction of sp³-hybridized carbons (Fsp3) is 0.383. The maximum atomic E-state index is 6.28. The summed E-state index contributed by atoms with van der Waals surface area (Å²) < 4.78 is 0. The van der Waals surface area contributed by atoms with Gasteiger partial charge in [0, 0.05) is 54.0 Å². The van der Waals surface area contributed by atoms with Crippen molar-refractivity contribution >= 4 is 45.1 Å². The van der Waals surface area contributed by atoms with Crippen molar-refractivity contribution in [3.8, 4) is 11.1 Å². The van der Waals surface area contributed by atoms with Gasteiger partial charge in [-0.3, -0.25) is 0 Å². The zero-order chi connectivity index (χ0) is 68.7. The third kappa shape index (κ3) is 21.2. The van der Waals surface area contributed by atoms with Crippen LogP contribution in [0.15, 0.2) is 212 Å². The SMILES string of the molecule is Cc1ccc(CNc2ccc(C(C)C)cc2C2CCCCC2)cc1Cl.Cc1ccc(CNc2ccc(C)cc2C2CCCCC2)cc1.Cc1ccc(NCc2ccc(-c3ccccc3)cc2)c(C2CCCCC2)c1.Cc1ccc(NCc2ccc3ccccc3c2)c(C2CCCCC2)c1. The molecule has 0 saturated heterocycles. The summed E-state index contributed by atoms with van der Waals surface area (Å²) in [7, 11) is 0. The van der Waals surface area contributed by atoms with Gasteiger partial charge in [0.1, 0.15) is 0 Å². The van der Waals surface area contributed by atoms with E-state index in [2.05, 4.69) is 275 Å². The van der Waals surface area contributed by atoms with E-state index in [1.807, 2.05) is 6.92 Å². The van der Waals surface area contributed by atoms with Crippen LogP contribution in [-0.4, -0.2) is 0 Å². The third-order valence-electron chi connectivity index (χ3n) is 21.7. The van der Waals surface area contributed by atoms with Gasteiger partial charge < -0.3 is 21.3 Å². The molecule has 4 fully saturated rings. The van der Waals surface area contributed by atoms with E-state index in [4.69, 9.17) is 11.6 Å². The fourth-order valence-electron chi connectivity index (χ4n) is 15.7. The number of anilines is 4. The van der Waals surface area contributed by atoms with Gasteiger partial charge in [0.2, 0.25) is 0 Å². The van der Waals surface area contributed by atoms with Gasteiger partial charge in [-0.1, -0.05) is 301 Å². The van der Waals surface area contributed by atoms with Crippen LogP contribution in [0.1, 0.15) is 250 Å². The molecule has 4 aliphatic carbocycles. The van der Waals surface area contributed by atoms with E-state index in [1.165, 1.54) is 245 Å². The lowest BCUT2D eigenvalue weighted by molar-refractivity contribution is 0.444. The molecular weight excluding hydrogens is 1220 g/mol. The highest BCUT2D eigenvalue weighted by Gasteiger charge is 2.23. The summed E-state index contributed by atoms with van der Waals surface area (Å²) in [6.07, 6.45) is 27.3. The standard InChI is InChI=1S/C26H29N.C24H27N.C23H30ClN.C21H27N/c1-20-12-17-26(25(18-20)24-10-6-3-7-11-24)27-19-21-13-15-23(16-14-21)22-8-4-2-5-9-22;1-18-11-14-24(23(15-18)21-8-3-2-4-9-21)25-17-19-12-13-20-7-5-6-10-22(20)16-19;1-16(2)20-11-12-23(21(14-20)19-7-5-4-6-8-19)25-15-18-10-9-17(3)22(24)13-18;1-16-8-11-18(12-9-16)15-22-21-13-10-17(2)14-20(21)19-6-4-3-5-7-19/h2,4-5,8-9,12-18,24,27H,3,6-7,10-11,19H2,1H3;5-7,10-16,21,25H,2-4,8-9,17H2,1H3;9-14,16,19,25H,4-8,15H2,1-3H3;8-14,19,22H,3-7,15H2,1-2H3. The van der Waals surface area contributed by atoms with Gasteiger partial charge in [-0.2, -0.15) is 0 Å². The molecular formula is C94H113ClN4. The van der Waals surface area contributed by atoms with Gasteiger partial charge in [-0.15, -0.1) is 0 Å². The van der Waals surface area contributed by atoms with Gasteiger partial charge in [0.15, 0.2) is 0 Å². The summed E-state index contributed by atoms with van der Waals surface area (Å²) in [6, 6.07) is 77.7. The van der Waals surface area contributed by atoms with Gasteiger partial charge in [-0.05, 0) is 230 Å². The van der Waals surface area contributed by atoms with Crippen LogP contribution < -0.4 is 21.3 Å². The maximum absolute atomic E-state index is 6.28. The second kappa shape index (κ2) is 36.9. The minimum atomic E-state index is 0.576. The van der Waals surface area contributed by atoms with Crippen LogP contribution in [0, 0.1) is 34.6 Å². The molecule has 10 aromatic carbocycles. The van der Waals surface area contributed by atoms with Crippen molar-refractivity contribution in [1.82, 2.24) is 0 Å². The molecule has 0 radical (unpaired) electrons. The van der Waals surface area contributed by atoms with Crippen LogP contribution in [0.3, 0.4) is 0 Å². The number of hydrogen-bond donors (Lipinski definition) is 4. The molecule has 99 heavy (non-hydrogen) atoms. The van der Waals surface area contributed by atoms with Gasteiger partial charge in [0.25, 0.3) is 0 Å². The third-order valence-corrected chi connectivity index (χ3v) is 22.1. The molecule has 516 valence electrons. The number of fused-ring (bicyclic) bond motifs is 1. The zero-order valence-electron chi connectivity index (χ0n) is 60.9. The molecule has 0 spiro atoms. The molecule has 4 saturated carbocycles. The largest absolute Gasteiger partial charge is 0.381 e. The molecule has 0 aliphatic heterocycles. The molecule has 0 aromatic heterocycles. The van der Waals surface area contributed by atoms with Crippen molar-refractivity contribution in [3.05, 3.63) is 295 Å². The van der Waals surface area contributed by atoms with Crippen LogP contribution in [0.2, 0.25) is 5.02 Å². The summed E-state index contributed by atoms with van der Waals surface area (Å²) in [5, 5.41) is 18.3. The first-order chi connectivity index (χ1) is 48.3. The maximum Gasteiger partial charge on any atom is 0.0438 e. The predicted molar refractivity (Wildman–Crippen MR) is 430 cm³/mol. The molecule has 0 heterocycles. The highest BCUT2D eigenvalue weighted by molar-refractivity contribution is 6.31. The molecule has 0 amide bonds. The highest BCUT2D eigenvalue weighted by atomic mass is 35.5. The molecule has 5 heteroatoms. The van der Waals surface area contributed by atoms with E-state index in [1.54, 1.807) is 0 Å². The summed E-state index contributed by atoms with van der Waals surface area (Å²) in [5.41, 5.74) is 27.2. The molecule has 0 atom stereocenters. The number of hydrogen-bond acceptors (Lipinski definition) is 4. The summed E-state index contributed by atoms with van der Waals surface area (Å²) in [5.74, 6) is 3.48. The van der Waals surface area contributed by atoms with Crippen LogP contribution in [-0.2, 0) is 26.2 Å². The highest BCUT2D eigenvalue weighted by Crippen LogP contribution is 2.42. The second-order valence-electron chi connectivity index (χ2n) is 29.8. The Balaban J connectivity index is 0.000000134. The van der Waals surface area contributed by atoms with Crippen LogP contribution in [0.25, 0.3) is 21.9 Å². The number of rotatable bonds is 18. The van der Waals surface area contributed by atoms with Crippen molar-refractivity contribution < 1.29 is 0 Å². The van der Waals surface area contributed by atoms with Crippen molar-refractivity contribution in [3.63, 3.8) is 0 Å². The Morgan fingerprint density at radius 3 is 1.08 bits per heavy atom. The van der Waals surface area contributed by atoms with Crippen molar-refractivity contribution in [1.29, 1.82) is 0 Å². The van der Waals surface area contributed by atoms with Gasteiger partial charge in [0.05, 0.1) is 0 Å². The smallest absolute Gasteiger partial charge is 0.0438 e. The molecule has 14 rings (SSSR count). The minimum Gasteiger partial charge on any atom is -0.381 e. The lowest BCUT2D eigenvalue weighted by Gasteiger charge is -2.26. The lowest BCUT2D eigenvalue weighted by Crippen LogP contribution is -2.10. The topological polar surface area (TPSA) is 48.1 Å². The van der Waals surface area contributed by atoms with Crippen LogP contribution >= 0.6 is 11.6 Å². The molecule has 4 aliphatic rings. The summed E-state index contributed by atoms with van der Waals surface area (Å²) in [6.45, 7) is 18.8. The normalized spacial score (nSPS) is 15.4. The fourth-order valence-corrected chi connectivity index (χ4v) is 15.9. The predicted octanol–water partition coefficient (Wildman–Crippen LogP) is 27.5. The van der Waals surface area contributed by atoms with E-state index in [0.29, 0.717) is 11.8 Å². The number of nitrogens with one attached hydrogen (secondary N) is 4. The first kappa shape index (κ1) is 72.2. The minimum absolute atomic E-state index is 0.576. The van der Waals surface area contributed by atoms with Crippen molar-refractivity contribution in [2.75, 3.05) is 21.3 Å². The summed E-state index contributed by atoms with van der Waals surface area (Å²) >= 11 is 6.28. The molecule has 0 bridgehead atoms. The molecule has 4 nitrogen and oxygen atoms in total. The van der Waals surface area contributed by atoms with E-state index in [0.717, 1.165) is 54.5 Å². The Hall–Kier alpha value is -8.05. The van der Waals surface area contributed by atoms with E-state index in [-0.39, 0.29) is 0 Å². The van der Waals surface area contributed by atoms with E-state index in [9.17, 15) is 0 Å². The number of aryl methyl sites for hydroxylation is 5. The van der Waals surface area contributed by atoms with Crippen LogP contribution in [0.5, 0.6) is 0 Å². The average Bonchev–Trinajstić information content (AvgIpc) is 0.970. The van der Waals surface area contributed by atoms with E-state index >= 15 is 0 Å². The van der Waals surface area contributed by atoms with E-state index < -0.39 is 0 Å². The Bertz CT molecular complexity index is 4100. The number of benzene rings is 10. The first-order valence-corrected chi connectivity index (χ1v) is 38.6. The lowest BCUT2D eigenvalue weighted by atomic mass is 9.82. The average molecular weight is 1330 g/mol. The molecule has 4 N–H and O–H groups in total. The Kier molecular flexibility index (Phi) is 26.9. The van der Waals surface area contributed by atoms with Gasteiger partial charge >= 0.3 is 0 Å². The van der Waals surface area contributed by atoms with Crippen LogP contribution in [0.4, 0.5) is 22.7 Å². The van der Waals surface area contributed by atoms with Gasteiger partial charge in [-0.25, -0.2) is 0 Å². The Labute approximate surface area is 601 Å². The Morgan fingerprint density at radius 1 is 0.303 bits per heavy atom. The quantitative estimate of drug-likeness (QED) is 0.0692. The summed E-state index contributed by atoms with van der Waals surface area (Å²) in [4.78, 5) is 0.